The van der Waals surface area contributed by atoms with Crippen molar-refractivity contribution in [3.63, 3.8) is 0 Å². The normalized spacial score (nSPS) is 11.3. The minimum atomic E-state index is -0.724. The number of aromatic amines is 1. The third-order valence-corrected chi connectivity index (χ3v) is 5.14. The Morgan fingerprint density at radius 3 is 2.66 bits per heavy atom. The molecule has 3 rings (SSSR count). The topological polar surface area (TPSA) is 114 Å². The van der Waals surface area contributed by atoms with E-state index in [9.17, 15) is 18.8 Å². The number of hydrogen-bond acceptors (Lipinski definition) is 5. The maximum absolute atomic E-state index is 13.8. The molecule has 0 aliphatic rings. The Bertz CT molecular complexity index is 1270. The summed E-state index contributed by atoms with van der Waals surface area (Å²) in [6.07, 6.45) is 1.39. The van der Waals surface area contributed by atoms with Gasteiger partial charge in [-0.15, -0.1) is 0 Å². The Morgan fingerprint density at radius 1 is 1.28 bits per heavy atom. The van der Waals surface area contributed by atoms with Gasteiger partial charge in [0.25, 0.3) is 11.5 Å². The second-order valence-electron chi connectivity index (χ2n) is 8.28. The largest absolute Gasteiger partial charge is 0.383 e. The lowest BCUT2D eigenvalue weighted by atomic mass is 10.1. The summed E-state index contributed by atoms with van der Waals surface area (Å²) in [6, 6.07) is 5.63. The molecule has 32 heavy (non-hydrogen) atoms. The zero-order chi connectivity index (χ0) is 23.6. The summed E-state index contributed by atoms with van der Waals surface area (Å²) in [4.78, 5) is 46.8. The van der Waals surface area contributed by atoms with Gasteiger partial charge in [0.1, 0.15) is 11.6 Å². The Hall–Kier alpha value is -3.49. The fourth-order valence-corrected chi connectivity index (χ4v) is 3.67. The fraction of sp³-hybridized carbons (Fsp3) is 0.391. The molecule has 0 bridgehead atoms. The summed E-state index contributed by atoms with van der Waals surface area (Å²) in [7, 11) is 0. The van der Waals surface area contributed by atoms with Gasteiger partial charge in [-0.3, -0.25) is 24.1 Å². The molecule has 8 nitrogen and oxygen atoms in total. The first-order valence-corrected chi connectivity index (χ1v) is 10.6. The average Bonchev–Trinajstić information content (AvgIpc) is 2.71. The van der Waals surface area contributed by atoms with Gasteiger partial charge < -0.3 is 10.6 Å². The summed E-state index contributed by atoms with van der Waals surface area (Å²) >= 11 is 0. The molecule has 0 aliphatic carbocycles. The number of carbonyl (C=O) groups is 1. The molecule has 2 aromatic heterocycles. The summed E-state index contributed by atoms with van der Waals surface area (Å²) in [6.45, 7) is 8.03. The van der Waals surface area contributed by atoms with E-state index >= 15 is 0 Å². The molecule has 0 saturated carbocycles. The lowest BCUT2D eigenvalue weighted by Crippen LogP contribution is -2.42. The molecule has 0 fully saturated rings. The highest BCUT2D eigenvalue weighted by molar-refractivity contribution is 6.14. The van der Waals surface area contributed by atoms with Crippen LogP contribution in [-0.4, -0.2) is 27.0 Å². The van der Waals surface area contributed by atoms with Crippen LogP contribution in [0.1, 0.15) is 49.7 Å². The minimum absolute atomic E-state index is 0.0574. The number of halogens is 1. The van der Waals surface area contributed by atoms with E-state index in [1.165, 1.54) is 27.7 Å². The van der Waals surface area contributed by atoms with Gasteiger partial charge in [0.2, 0.25) is 0 Å². The molecule has 1 amide bonds. The lowest BCUT2D eigenvalue weighted by molar-refractivity contribution is 0.0987. The zero-order valence-corrected chi connectivity index (χ0v) is 18.7. The second-order valence-corrected chi connectivity index (χ2v) is 8.28. The number of aryl methyl sites for hydroxylation is 1. The van der Waals surface area contributed by atoms with Gasteiger partial charge in [-0.25, -0.2) is 9.18 Å². The molecular weight excluding hydrogens is 413 g/mol. The van der Waals surface area contributed by atoms with E-state index < -0.39 is 23.0 Å². The number of pyridine rings is 1. The molecule has 170 valence electrons. The van der Waals surface area contributed by atoms with Crippen LogP contribution in [0.4, 0.5) is 15.9 Å². The van der Waals surface area contributed by atoms with E-state index in [2.05, 4.69) is 9.97 Å². The number of rotatable bonds is 7. The molecule has 0 atom stereocenters. The Kier molecular flexibility index (Phi) is 6.76. The number of H-pyrrole nitrogens is 1. The molecule has 9 heteroatoms. The van der Waals surface area contributed by atoms with Crippen LogP contribution in [0.2, 0.25) is 0 Å². The van der Waals surface area contributed by atoms with Crippen LogP contribution in [0, 0.1) is 18.7 Å². The van der Waals surface area contributed by atoms with Crippen molar-refractivity contribution in [2.75, 3.05) is 17.2 Å². The number of amides is 1. The fourth-order valence-electron chi connectivity index (χ4n) is 3.67. The highest BCUT2D eigenvalue weighted by Crippen LogP contribution is 2.25. The van der Waals surface area contributed by atoms with Gasteiger partial charge in [0.05, 0.1) is 11.1 Å². The minimum Gasteiger partial charge on any atom is -0.383 e. The first-order valence-electron chi connectivity index (χ1n) is 10.6. The van der Waals surface area contributed by atoms with E-state index in [1.807, 2.05) is 20.8 Å². The monoisotopic (exact) mass is 441 g/mol. The molecule has 3 aromatic rings. The number of carbonyl (C=O) groups excluding carboxylic acids is 1. The molecule has 0 aliphatic heterocycles. The smallest absolute Gasteiger partial charge is 0.330 e. The Balaban J connectivity index is 2.23. The zero-order valence-electron chi connectivity index (χ0n) is 18.7. The van der Waals surface area contributed by atoms with Crippen molar-refractivity contribution in [2.45, 2.75) is 47.1 Å². The molecule has 0 radical (unpaired) electrons. The highest BCUT2D eigenvalue weighted by atomic mass is 19.1. The second kappa shape index (κ2) is 9.33. The van der Waals surface area contributed by atoms with Gasteiger partial charge in [-0.1, -0.05) is 27.2 Å². The molecule has 0 unspecified atom stereocenters. The first-order chi connectivity index (χ1) is 15.1. The molecule has 0 spiro atoms. The number of aromatic nitrogens is 3. The third-order valence-electron chi connectivity index (χ3n) is 5.14. The number of nitrogens with zero attached hydrogens (tertiary/aromatic N) is 3. The SMILES string of the molecule is CCCCN(C(=O)c1cc(C)nc2cc(F)ccc12)c1c(N)n(CC(C)C)c(=O)[nH]c1=O. The van der Waals surface area contributed by atoms with Crippen molar-refractivity contribution >= 4 is 28.3 Å². The number of hydrogen-bond donors (Lipinski definition) is 2. The van der Waals surface area contributed by atoms with Gasteiger partial charge in [0, 0.05) is 30.2 Å². The maximum atomic E-state index is 13.8. The van der Waals surface area contributed by atoms with Gasteiger partial charge >= 0.3 is 5.69 Å². The quantitative estimate of drug-likeness (QED) is 0.584. The van der Waals surface area contributed by atoms with Crippen LogP contribution in [-0.2, 0) is 6.54 Å². The number of fused-ring (bicyclic) bond motifs is 1. The summed E-state index contributed by atoms with van der Waals surface area (Å²) < 4.78 is 15.0. The van der Waals surface area contributed by atoms with E-state index in [1.54, 1.807) is 13.0 Å². The summed E-state index contributed by atoms with van der Waals surface area (Å²) in [5.41, 5.74) is 6.03. The third kappa shape index (κ3) is 4.56. The van der Waals surface area contributed by atoms with E-state index in [0.717, 1.165) is 6.42 Å². The van der Waals surface area contributed by atoms with Crippen LogP contribution in [0.5, 0.6) is 0 Å². The van der Waals surface area contributed by atoms with Crippen LogP contribution < -0.4 is 21.9 Å². The number of anilines is 2. The van der Waals surface area contributed by atoms with Crippen LogP contribution in [0.3, 0.4) is 0 Å². The maximum Gasteiger partial charge on any atom is 0.330 e. The first kappa shape index (κ1) is 23.2. The predicted molar refractivity (Wildman–Crippen MR) is 124 cm³/mol. The number of nitrogens with one attached hydrogen (secondary N) is 1. The van der Waals surface area contributed by atoms with E-state index in [4.69, 9.17) is 5.73 Å². The predicted octanol–water partition coefficient (Wildman–Crippen LogP) is 3.22. The van der Waals surface area contributed by atoms with Crippen LogP contribution >= 0.6 is 0 Å². The van der Waals surface area contributed by atoms with Crippen molar-refractivity contribution < 1.29 is 9.18 Å². The molecule has 2 heterocycles. The lowest BCUT2D eigenvalue weighted by Gasteiger charge is -2.25. The van der Waals surface area contributed by atoms with Crippen LogP contribution in [0.15, 0.2) is 33.9 Å². The summed E-state index contributed by atoms with van der Waals surface area (Å²) in [5, 5.41) is 0.467. The van der Waals surface area contributed by atoms with Crippen molar-refractivity contribution in [3.8, 4) is 0 Å². The molecule has 1 aromatic carbocycles. The number of unbranched alkanes of at least 4 members (excludes halogenated alkanes) is 1. The number of benzene rings is 1. The van der Waals surface area contributed by atoms with E-state index in [0.29, 0.717) is 29.6 Å². The van der Waals surface area contributed by atoms with Gasteiger partial charge in [0.15, 0.2) is 5.69 Å². The Morgan fingerprint density at radius 2 is 2.00 bits per heavy atom. The molecule has 0 saturated heterocycles. The Labute approximate surface area is 184 Å². The van der Waals surface area contributed by atoms with Gasteiger partial charge in [-0.05, 0) is 37.5 Å². The molecule has 3 N–H and O–H groups in total. The van der Waals surface area contributed by atoms with E-state index in [-0.39, 0.29) is 29.5 Å². The van der Waals surface area contributed by atoms with Crippen molar-refractivity contribution in [1.29, 1.82) is 0 Å². The van der Waals surface area contributed by atoms with Crippen molar-refractivity contribution in [2.24, 2.45) is 5.92 Å². The standard InChI is InChI=1S/C23H28FN5O3/c1-5-6-9-28(19-20(25)29(12-13(2)3)23(32)27-21(19)30)22(31)17-10-14(4)26-18-11-15(24)7-8-16(17)18/h7-8,10-11,13H,5-6,9,12,25H2,1-4H3,(H,27,30,32). The average molecular weight is 442 g/mol. The van der Waals surface area contributed by atoms with Crippen molar-refractivity contribution in [1.82, 2.24) is 14.5 Å². The number of nitrogen functional groups attached to an aromatic ring is 1. The highest BCUT2D eigenvalue weighted by Gasteiger charge is 2.26. The summed E-state index contributed by atoms with van der Waals surface area (Å²) in [5.74, 6) is -0.890. The number of nitrogens with two attached hydrogens (primary N) is 1. The molecular formula is C23H28FN5O3. The van der Waals surface area contributed by atoms with Crippen LogP contribution in [0.25, 0.3) is 10.9 Å². The van der Waals surface area contributed by atoms with Crippen molar-refractivity contribution in [3.05, 3.63) is 62.2 Å². The van der Waals surface area contributed by atoms with Gasteiger partial charge in [-0.2, -0.15) is 0 Å².